The molecule has 3 heterocycles. The van der Waals surface area contributed by atoms with Crippen molar-refractivity contribution < 1.29 is 0 Å². The van der Waals surface area contributed by atoms with Crippen LogP contribution in [0.25, 0.3) is 10.1 Å². The Hall–Kier alpha value is -4.86. The van der Waals surface area contributed by atoms with Crippen LogP contribution in [0.5, 0.6) is 0 Å². The van der Waals surface area contributed by atoms with Gasteiger partial charge in [-0.3, -0.25) is 0 Å². The Kier molecular flexibility index (Phi) is 6.86. The zero-order chi connectivity index (χ0) is 36.5. The third-order valence-corrected chi connectivity index (χ3v) is 14.0. The van der Waals surface area contributed by atoms with Gasteiger partial charge in [0.1, 0.15) is 0 Å². The number of rotatable bonds is 3. The van der Waals surface area contributed by atoms with E-state index in [0.29, 0.717) is 0 Å². The fourth-order valence-electron chi connectivity index (χ4n) is 10.7. The Balaban J connectivity index is 1.41. The molecule has 0 amide bonds. The van der Waals surface area contributed by atoms with Gasteiger partial charge in [-0.1, -0.05) is 163 Å². The molecule has 260 valence electrons. The molecule has 0 saturated heterocycles. The zero-order valence-electron chi connectivity index (χ0n) is 31.9. The fourth-order valence-corrected chi connectivity index (χ4v) is 12.0. The standard InChI is InChI=1S/C50H46BNS/c1-47(2,3)34-26-27-43-36(28-34)45-46(53-43)51-41-30-39-38(48(4,5)31-49(39,6)7)29-40(41)50(32-18-11-8-12-19-32,33-20-13-9-14-21-33)37-24-17-25-42(44(37)51)52(45)35-22-15-10-16-23-35/h8-30H,31H2,1-7H3. The van der Waals surface area contributed by atoms with Crippen LogP contribution in [0.2, 0.25) is 0 Å². The van der Waals surface area contributed by atoms with Gasteiger partial charge in [0.05, 0.1) is 11.1 Å². The SMILES string of the molecule is CC(C)(C)c1ccc2sc3c(c2c1)N(c1ccccc1)c1cccc2c1B3c1cc3c(cc1C2(c1ccccc1)c1ccccc1)C(C)(C)CC3(C)C. The summed E-state index contributed by atoms with van der Waals surface area (Å²) in [5.74, 6) is 0. The second kappa shape index (κ2) is 11.1. The molecule has 6 aromatic carbocycles. The molecule has 0 N–H and O–H groups in total. The van der Waals surface area contributed by atoms with E-state index in [0.717, 1.165) is 6.42 Å². The van der Waals surface area contributed by atoms with E-state index in [1.807, 2.05) is 11.3 Å². The Morgan fingerprint density at radius 3 is 1.83 bits per heavy atom. The topological polar surface area (TPSA) is 3.24 Å². The van der Waals surface area contributed by atoms with Gasteiger partial charge in [0.2, 0.25) is 0 Å². The molecule has 0 bridgehead atoms. The van der Waals surface area contributed by atoms with Crippen molar-refractivity contribution in [2.75, 3.05) is 4.90 Å². The van der Waals surface area contributed by atoms with Crippen molar-refractivity contribution in [1.29, 1.82) is 0 Å². The largest absolute Gasteiger partial charge is 0.310 e. The first-order valence-electron chi connectivity index (χ1n) is 19.3. The smallest absolute Gasteiger partial charge is 0.260 e. The summed E-state index contributed by atoms with van der Waals surface area (Å²) in [5.41, 5.74) is 16.2. The molecule has 0 atom stereocenters. The van der Waals surface area contributed by atoms with E-state index in [-0.39, 0.29) is 23.0 Å². The van der Waals surface area contributed by atoms with Crippen LogP contribution in [0, 0.1) is 0 Å². The van der Waals surface area contributed by atoms with E-state index in [2.05, 4.69) is 193 Å². The minimum Gasteiger partial charge on any atom is -0.310 e. The van der Waals surface area contributed by atoms with Crippen molar-refractivity contribution >= 4 is 60.9 Å². The van der Waals surface area contributed by atoms with Crippen LogP contribution in [0.1, 0.15) is 93.8 Å². The molecule has 1 aromatic heterocycles. The second-order valence-electron chi connectivity index (χ2n) is 18.0. The number of hydrogen-bond acceptors (Lipinski definition) is 2. The third kappa shape index (κ3) is 4.50. The van der Waals surface area contributed by atoms with Gasteiger partial charge in [0.15, 0.2) is 0 Å². The van der Waals surface area contributed by atoms with Crippen molar-refractivity contribution in [3.05, 3.63) is 178 Å². The number of anilines is 3. The van der Waals surface area contributed by atoms with E-state index in [1.165, 1.54) is 81.8 Å². The molecular weight excluding hydrogens is 657 g/mol. The van der Waals surface area contributed by atoms with Crippen molar-refractivity contribution in [3.8, 4) is 0 Å². The first-order valence-corrected chi connectivity index (χ1v) is 20.1. The molecule has 0 spiro atoms. The van der Waals surface area contributed by atoms with Gasteiger partial charge in [0, 0.05) is 26.2 Å². The quantitative estimate of drug-likeness (QED) is 0.166. The highest BCUT2D eigenvalue weighted by Crippen LogP contribution is 2.55. The molecule has 1 nitrogen and oxygen atoms in total. The molecule has 3 heteroatoms. The van der Waals surface area contributed by atoms with Gasteiger partial charge in [-0.15, -0.1) is 11.3 Å². The minimum atomic E-state index is -0.506. The van der Waals surface area contributed by atoms with Crippen LogP contribution in [-0.2, 0) is 21.7 Å². The molecule has 0 saturated carbocycles. The Morgan fingerprint density at radius 1 is 0.604 bits per heavy atom. The zero-order valence-corrected chi connectivity index (χ0v) is 32.7. The number of thiophene rings is 1. The molecule has 0 fully saturated rings. The molecule has 1 aliphatic carbocycles. The van der Waals surface area contributed by atoms with Crippen LogP contribution in [0.15, 0.2) is 140 Å². The van der Waals surface area contributed by atoms with Crippen LogP contribution in [-0.4, -0.2) is 6.71 Å². The van der Waals surface area contributed by atoms with E-state index >= 15 is 0 Å². The monoisotopic (exact) mass is 703 g/mol. The van der Waals surface area contributed by atoms with Gasteiger partial charge in [-0.25, -0.2) is 0 Å². The van der Waals surface area contributed by atoms with Gasteiger partial charge in [-0.05, 0) is 97.4 Å². The number of benzene rings is 6. The number of nitrogens with zero attached hydrogens (tertiary/aromatic N) is 1. The molecule has 7 aromatic rings. The lowest BCUT2D eigenvalue weighted by atomic mass is 9.31. The van der Waals surface area contributed by atoms with Crippen molar-refractivity contribution in [2.24, 2.45) is 0 Å². The summed E-state index contributed by atoms with van der Waals surface area (Å²) in [6.45, 7) is 17.0. The van der Waals surface area contributed by atoms with Crippen LogP contribution in [0.4, 0.5) is 17.1 Å². The van der Waals surface area contributed by atoms with Gasteiger partial charge < -0.3 is 4.90 Å². The van der Waals surface area contributed by atoms with Crippen molar-refractivity contribution in [3.63, 3.8) is 0 Å². The summed E-state index contributed by atoms with van der Waals surface area (Å²) in [6, 6.07) is 53.6. The van der Waals surface area contributed by atoms with Crippen LogP contribution < -0.4 is 20.6 Å². The molecular formula is C50H46BNS. The second-order valence-corrected chi connectivity index (χ2v) is 19.1. The summed E-state index contributed by atoms with van der Waals surface area (Å²) in [4.78, 5) is 2.60. The lowest BCUT2D eigenvalue weighted by molar-refractivity contribution is 0.403. The van der Waals surface area contributed by atoms with E-state index in [1.54, 1.807) is 0 Å². The van der Waals surface area contributed by atoms with Crippen molar-refractivity contribution in [2.45, 2.75) is 76.5 Å². The maximum atomic E-state index is 2.68. The average molecular weight is 704 g/mol. The van der Waals surface area contributed by atoms with E-state index in [4.69, 9.17) is 0 Å². The Labute approximate surface area is 319 Å². The first-order chi connectivity index (χ1) is 25.4. The molecule has 10 rings (SSSR count). The fraction of sp³-hybridized carbons (Fsp3) is 0.240. The third-order valence-electron chi connectivity index (χ3n) is 12.7. The summed E-state index contributed by atoms with van der Waals surface area (Å²) in [5, 5.41) is 1.35. The lowest BCUT2D eigenvalue weighted by Gasteiger charge is -2.48. The number of fused-ring (bicyclic) bond motifs is 7. The highest BCUT2D eigenvalue weighted by atomic mass is 32.1. The highest BCUT2D eigenvalue weighted by molar-refractivity contribution is 7.33. The summed E-state index contributed by atoms with van der Waals surface area (Å²) in [6.07, 6.45) is 1.14. The normalized spacial score (nSPS) is 17.3. The van der Waals surface area contributed by atoms with E-state index in [9.17, 15) is 0 Å². The Bertz CT molecular complexity index is 2530. The van der Waals surface area contributed by atoms with Gasteiger partial charge >= 0.3 is 0 Å². The number of para-hydroxylation sites is 1. The Morgan fingerprint density at radius 2 is 1.21 bits per heavy atom. The van der Waals surface area contributed by atoms with Gasteiger partial charge in [-0.2, -0.15) is 0 Å². The minimum absolute atomic E-state index is 0.0433. The highest BCUT2D eigenvalue weighted by Gasteiger charge is 2.54. The van der Waals surface area contributed by atoms with Gasteiger partial charge in [0.25, 0.3) is 6.71 Å². The summed E-state index contributed by atoms with van der Waals surface area (Å²) < 4.78 is 2.80. The van der Waals surface area contributed by atoms with Crippen LogP contribution in [0.3, 0.4) is 0 Å². The molecule has 2 aliphatic heterocycles. The number of hydrogen-bond donors (Lipinski definition) is 0. The van der Waals surface area contributed by atoms with Crippen molar-refractivity contribution in [1.82, 2.24) is 0 Å². The van der Waals surface area contributed by atoms with Crippen LogP contribution >= 0.6 is 11.3 Å². The first kappa shape index (κ1) is 32.8. The molecule has 0 radical (unpaired) electrons. The molecule has 0 unspecified atom stereocenters. The summed E-state index contributed by atoms with van der Waals surface area (Å²) >= 11 is 2.00. The predicted molar refractivity (Wildman–Crippen MR) is 229 cm³/mol. The maximum Gasteiger partial charge on any atom is 0.260 e. The predicted octanol–water partition coefficient (Wildman–Crippen LogP) is 11.2. The lowest BCUT2D eigenvalue weighted by Crippen LogP contribution is -2.64. The maximum absolute atomic E-state index is 2.68. The average Bonchev–Trinajstić information content (AvgIpc) is 3.61. The summed E-state index contributed by atoms with van der Waals surface area (Å²) in [7, 11) is 0. The molecule has 3 aliphatic rings. The van der Waals surface area contributed by atoms with E-state index < -0.39 is 5.41 Å². The molecule has 53 heavy (non-hydrogen) atoms.